The van der Waals surface area contributed by atoms with Crippen LogP contribution in [0.25, 0.3) is 5.65 Å². The van der Waals surface area contributed by atoms with Gasteiger partial charge in [-0.1, -0.05) is 18.2 Å². The van der Waals surface area contributed by atoms with E-state index in [0.717, 1.165) is 30.8 Å². The van der Waals surface area contributed by atoms with Crippen molar-refractivity contribution in [3.63, 3.8) is 0 Å². The minimum Gasteiger partial charge on any atom is -0.352 e. The molecule has 0 radical (unpaired) electrons. The number of nitrogens with zero attached hydrogens (tertiary/aromatic N) is 3. The molecule has 1 aliphatic carbocycles. The third-order valence-corrected chi connectivity index (χ3v) is 6.10. The molecule has 7 nitrogen and oxygen atoms in total. The number of carbonyl (C=O) groups is 2. The predicted octanol–water partition coefficient (Wildman–Crippen LogP) is 2.86. The van der Waals surface area contributed by atoms with Gasteiger partial charge in [-0.3, -0.25) is 4.79 Å². The molecule has 0 bridgehead atoms. The molecule has 3 heterocycles. The zero-order valence-corrected chi connectivity index (χ0v) is 16.0. The van der Waals surface area contributed by atoms with Crippen molar-refractivity contribution in [2.45, 2.75) is 6.42 Å². The number of aromatic nitrogens is 2. The van der Waals surface area contributed by atoms with Crippen LogP contribution < -0.4 is 10.6 Å². The third-order valence-electron chi connectivity index (χ3n) is 6.10. The maximum atomic E-state index is 12.4. The fraction of sp³-hybridized carbons (Fsp3) is 0.318. The molecule has 1 saturated heterocycles. The summed E-state index contributed by atoms with van der Waals surface area (Å²) in [5, 5.41) is 5.97. The van der Waals surface area contributed by atoms with Gasteiger partial charge in [-0.15, -0.1) is 0 Å². The molecule has 2 fully saturated rings. The van der Waals surface area contributed by atoms with Gasteiger partial charge in [-0.2, -0.15) is 0 Å². The minimum absolute atomic E-state index is 0.0228. The number of likely N-dealkylation sites (tertiary alicyclic amines) is 1. The number of benzene rings is 1. The maximum absolute atomic E-state index is 12.4. The smallest absolute Gasteiger partial charge is 0.321 e. The Kier molecular flexibility index (Phi) is 4.42. The molecule has 3 aromatic rings. The van der Waals surface area contributed by atoms with E-state index in [4.69, 9.17) is 0 Å². The van der Waals surface area contributed by atoms with Gasteiger partial charge >= 0.3 is 6.03 Å². The van der Waals surface area contributed by atoms with Gasteiger partial charge in [0.2, 0.25) is 0 Å². The number of para-hydroxylation sites is 1. The van der Waals surface area contributed by atoms with Crippen LogP contribution in [-0.2, 0) is 0 Å². The summed E-state index contributed by atoms with van der Waals surface area (Å²) < 4.78 is 1.84. The van der Waals surface area contributed by atoms with Gasteiger partial charge in [0.1, 0.15) is 5.65 Å². The number of carbonyl (C=O) groups excluding carboxylic acids is 2. The number of hydrogen-bond acceptors (Lipinski definition) is 3. The van der Waals surface area contributed by atoms with E-state index in [1.807, 2.05) is 51.9 Å². The minimum atomic E-state index is -0.0599. The summed E-state index contributed by atoms with van der Waals surface area (Å²) in [6.07, 6.45) is 6.30. The van der Waals surface area contributed by atoms with Crippen molar-refractivity contribution in [1.82, 2.24) is 19.6 Å². The van der Waals surface area contributed by atoms with E-state index in [2.05, 4.69) is 15.6 Å². The average Bonchev–Trinajstić information content (AvgIpc) is 3.11. The highest BCUT2D eigenvalue weighted by Crippen LogP contribution is 2.53. The number of anilines is 1. The van der Waals surface area contributed by atoms with Crippen molar-refractivity contribution >= 4 is 23.3 Å². The number of amides is 3. The first kappa shape index (κ1) is 17.7. The molecule has 2 aromatic heterocycles. The average molecular weight is 389 g/mol. The molecule has 3 atom stereocenters. The van der Waals surface area contributed by atoms with Gasteiger partial charge in [0, 0.05) is 43.9 Å². The van der Waals surface area contributed by atoms with Crippen molar-refractivity contribution in [2.24, 2.45) is 17.8 Å². The number of rotatable bonds is 5. The van der Waals surface area contributed by atoms with E-state index in [9.17, 15) is 9.59 Å². The van der Waals surface area contributed by atoms with Gasteiger partial charge in [0.05, 0.1) is 5.56 Å². The Morgan fingerprint density at radius 1 is 1.07 bits per heavy atom. The van der Waals surface area contributed by atoms with Crippen molar-refractivity contribution in [3.8, 4) is 0 Å². The number of hydrogen-bond donors (Lipinski definition) is 2. The fourth-order valence-electron chi connectivity index (χ4n) is 4.48. The first-order valence-corrected chi connectivity index (χ1v) is 10.0. The standard InChI is InChI=1S/C22H23N5O2/c28-21(15-6-7-20-23-10-11-26(20)12-15)24-9-8-17-18-13-27(14-19(17)18)22(29)25-16-4-2-1-3-5-16/h1-7,10-12,17-19H,8-9,13-14H2,(H,24,28)(H,25,29)/t17?,18-,19+. The lowest BCUT2D eigenvalue weighted by atomic mass is 10.2. The van der Waals surface area contributed by atoms with Crippen LogP contribution in [0.4, 0.5) is 10.5 Å². The van der Waals surface area contributed by atoms with Gasteiger partial charge in [-0.05, 0) is 48.4 Å². The van der Waals surface area contributed by atoms with E-state index in [1.165, 1.54) is 0 Å². The second-order valence-electron chi connectivity index (χ2n) is 7.85. The Morgan fingerprint density at radius 3 is 2.66 bits per heavy atom. The molecular weight excluding hydrogens is 366 g/mol. The highest BCUT2D eigenvalue weighted by Gasteiger charge is 2.55. The number of nitrogens with one attached hydrogen (secondary N) is 2. The monoisotopic (exact) mass is 389 g/mol. The Bertz CT molecular complexity index is 1040. The molecule has 0 spiro atoms. The van der Waals surface area contributed by atoms with E-state index in [0.29, 0.717) is 29.9 Å². The van der Waals surface area contributed by atoms with E-state index in [-0.39, 0.29) is 11.9 Å². The summed E-state index contributed by atoms with van der Waals surface area (Å²) >= 11 is 0. The number of pyridine rings is 1. The molecule has 1 aromatic carbocycles. The zero-order chi connectivity index (χ0) is 19.8. The molecule has 2 N–H and O–H groups in total. The Morgan fingerprint density at radius 2 is 1.86 bits per heavy atom. The van der Waals surface area contributed by atoms with Crippen LogP contribution in [0.3, 0.4) is 0 Å². The first-order valence-electron chi connectivity index (χ1n) is 10.0. The highest BCUT2D eigenvalue weighted by molar-refractivity contribution is 5.94. The van der Waals surface area contributed by atoms with Crippen LogP contribution in [0.2, 0.25) is 0 Å². The summed E-state index contributed by atoms with van der Waals surface area (Å²) in [6.45, 7) is 2.27. The first-order chi connectivity index (χ1) is 14.2. The largest absolute Gasteiger partial charge is 0.352 e. The van der Waals surface area contributed by atoms with Crippen LogP contribution in [0, 0.1) is 17.8 Å². The topological polar surface area (TPSA) is 78.7 Å². The van der Waals surface area contributed by atoms with Crippen LogP contribution >= 0.6 is 0 Å². The maximum Gasteiger partial charge on any atom is 0.321 e. The normalized spacial score (nSPS) is 22.3. The predicted molar refractivity (Wildman–Crippen MR) is 110 cm³/mol. The van der Waals surface area contributed by atoms with E-state index >= 15 is 0 Å². The molecule has 2 aliphatic rings. The molecule has 1 aliphatic heterocycles. The van der Waals surface area contributed by atoms with Crippen molar-refractivity contribution < 1.29 is 9.59 Å². The second kappa shape index (κ2) is 7.24. The molecule has 29 heavy (non-hydrogen) atoms. The Balaban J connectivity index is 1.06. The molecule has 5 rings (SSSR count). The Labute approximate surface area is 168 Å². The molecule has 1 saturated carbocycles. The lowest BCUT2D eigenvalue weighted by molar-refractivity contribution is 0.0951. The number of imidazole rings is 1. The van der Waals surface area contributed by atoms with Crippen LogP contribution in [0.15, 0.2) is 61.1 Å². The van der Waals surface area contributed by atoms with Crippen molar-refractivity contribution in [1.29, 1.82) is 0 Å². The number of fused-ring (bicyclic) bond motifs is 2. The third kappa shape index (κ3) is 3.55. The summed E-state index contributed by atoms with van der Waals surface area (Å²) in [7, 11) is 0. The second-order valence-corrected chi connectivity index (χ2v) is 7.85. The van der Waals surface area contributed by atoms with Crippen LogP contribution in [0.5, 0.6) is 0 Å². The van der Waals surface area contributed by atoms with Crippen LogP contribution in [-0.4, -0.2) is 45.9 Å². The van der Waals surface area contributed by atoms with Gasteiger partial charge < -0.3 is 19.9 Å². The van der Waals surface area contributed by atoms with Gasteiger partial charge in [0.25, 0.3) is 5.91 Å². The lowest BCUT2D eigenvalue weighted by Crippen LogP contribution is -2.35. The molecule has 7 heteroatoms. The quantitative estimate of drug-likeness (QED) is 0.704. The van der Waals surface area contributed by atoms with Gasteiger partial charge in [-0.25, -0.2) is 9.78 Å². The van der Waals surface area contributed by atoms with E-state index < -0.39 is 0 Å². The summed E-state index contributed by atoms with van der Waals surface area (Å²) in [4.78, 5) is 30.8. The van der Waals surface area contributed by atoms with Gasteiger partial charge in [0.15, 0.2) is 0 Å². The van der Waals surface area contributed by atoms with Crippen molar-refractivity contribution in [2.75, 3.05) is 25.0 Å². The summed E-state index contributed by atoms with van der Waals surface area (Å²) in [5.74, 6) is 1.67. The fourth-order valence-corrected chi connectivity index (χ4v) is 4.48. The summed E-state index contributed by atoms with van der Waals surface area (Å²) in [5.41, 5.74) is 2.29. The van der Waals surface area contributed by atoms with Crippen molar-refractivity contribution in [3.05, 3.63) is 66.6 Å². The highest BCUT2D eigenvalue weighted by atomic mass is 16.2. The van der Waals surface area contributed by atoms with Crippen LogP contribution in [0.1, 0.15) is 16.8 Å². The zero-order valence-electron chi connectivity index (χ0n) is 16.0. The Hall–Kier alpha value is -3.35. The SMILES string of the molecule is O=C(NCCC1[C@H]2CN(C(=O)Nc3ccccc3)C[C@@H]12)c1ccc2nccn2c1. The summed E-state index contributed by atoms with van der Waals surface area (Å²) in [6, 6.07) is 13.2. The number of piperidine rings is 1. The lowest BCUT2D eigenvalue weighted by Gasteiger charge is -2.20. The molecule has 148 valence electrons. The number of urea groups is 1. The van der Waals surface area contributed by atoms with E-state index in [1.54, 1.807) is 18.5 Å². The molecular formula is C22H23N5O2. The molecule has 3 amide bonds. The molecule has 1 unspecified atom stereocenters.